The molecule has 0 bridgehead atoms. The SMILES string of the molecule is COC(=O)C[C@H](C)C[C@H](C(C)C)[Si](C)(C)c1ccccc1. The van der Waals surface area contributed by atoms with Crippen LogP contribution in [0.25, 0.3) is 0 Å². The molecule has 0 aliphatic heterocycles. The van der Waals surface area contributed by atoms with Gasteiger partial charge in [0.25, 0.3) is 0 Å². The summed E-state index contributed by atoms with van der Waals surface area (Å²) in [6.07, 6.45) is 1.62. The van der Waals surface area contributed by atoms with Gasteiger partial charge in [0.2, 0.25) is 0 Å². The first-order chi connectivity index (χ1) is 9.78. The standard InChI is InChI=1S/C18H30O2Si/c1-14(2)17(12-15(3)13-18(19)20-4)21(5,6)16-10-8-7-9-11-16/h7-11,14-15,17H,12-13H2,1-6H3/t15-,17-/m1/s1. The van der Waals surface area contributed by atoms with E-state index in [9.17, 15) is 4.79 Å². The Kier molecular flexibility index (Phi) is 6.66. The third kappa shape index (κ3) is 4.99. The lowest BCUT2D eigenvalue weighted by atomic mass is 9.96. The molecule has 0 fully saturated rings. The molecule has 0 aromatic heterocycles. The summed E-state index contributed by atoms with van der Waals surface area (Å²) in [6.45, 7) is 11.7. The van der Waals surface area contributed by atoms with Gasteiger partial charge in [-0.25, -0.2) is 0 Å². The van der Waals surface area contributed by atoms with Crippen LogP contribution in [0.3, 0.4) is 0 Å². The summed E-state index contributed by atoms with van der Waals surface area (Å²) in [5, 5.41) is 1.51. The van der Waals surface area contributed by atoms with Crippen LogP contribution in [0.2, 0.25) is 18.6 Å². The first kappa shape index (κ1) is 18.0. The number of benzene rings is 1. The van der Waals surface area contributed by atoms with E-state index in [2.05, 4.69) is 64.2 Å². The van der Waals surface area contributed by atoms with Gasteiger partial charge in [-0.3, -0.25) is 4.79 Å². The molecule has 0 saturated heterocycles. The highest BCUT2D eigenvalue weighted by Gasteiger charge is 2.36. The lowest BCUT2D eigenvalue weighted by Gasteiger charge is -2.37. The van der Waals surface area contributed by atoms with Crippen LogP contribution >= 0.6 is 0 Å². The zero-order valence-electron chi connectivity index (χ0n) is 14.3. The van der Waals surface area contributed by atoms with Crippen molar-refractivity contribution in [3.63, 3.8) is 0 Å². The van der Waals surface area contributed by atoms with Gasteiger partial charge < -0.3 is 4.74 Å². The first-order valence-electron chi connectivity index (χ1n) is 7.91. The van der Waals surface area contributed by atoms with Crippen LogP contribution in [0.1, 0.15) is 33.6 Å². The number of methoxy groups -OCH3 is 1. The summed E-state index contributed by atoms with van der Waals surface area (Å²) in [4.78, 5) is 11.5. The van der Waals surface area contributed by atoms with Crippen molar-refractivity contribution in [1.82, 2.24) is 0 Å². The zero-order chi connectivity index (χ0) is 16.0. The fourth-order valence-electron chi connectivity index (χ4n) is 3.37. The quantitative estimate of drug-likeness (QED) is 0.557. The number of hydrogen-bond acceptors (Lipinski definition) is 2. The lowest BCUT2D eigenvalue weighted by Crippen LogP contribution is -2.48. The molecule has 0 N–H and O–H groups in total. The van der Waals surface area contributed by atoms with E-state index in [4.69, 9.17) is 4.74 Å². The Balaban J connectivity index is 2.88. The van der Waals surface area contributed by atoms with Crippen molar-refractivity contribution < 1.29 is 9.53 Å². The zero-order valence-corrected chi connectivity index (χ0v) is 15.3. The first-order valence-corrected chi connectivity index (χ1v) is 11.0. The van der Waals surface area contributed by atoms with E-state index >= 15 is 0 Å². The maximum atomic E-state index is 11.5. The second kappa shape index (κ2) is 7.78. The maximum absolute atomic E-state index is 11.5. The van der Waals surface area contributed by atoms with Crippen LogP contribution in [0.4, 0.5) is 0 Å². The van der Waals surface area contributed by atoms with Gasteiger partial charge in [0, 0.05) is 6.42 Å². The number of rotatable bonds is 7. The molecule has 2 atom stereocenters. The monoisotopic (exact) mass is 306 g/mol. The molecule has 0 aliphatic rings. The molecule has 0 unspecified atom stereocenters. The molecule has 0 aliphatic carbocycles. The summed E-state index contributed by atoms with van der Waals surface area (Å²) < 4.78 is 4.81. The Labute approximate surface area is 130 Å². The van der Waals surface area contributed by atoms with E-state index in [0.29, 0.717) is 23.8 Å². The summed E-state index contributed by atoms with van der Waals surface area (Å²) in [5.41, 5.74) is 0.666. The van der Waals surface area contributed by atoms with Crippen molar-refractivity contribution in [2.45, 2.75) is 52.2 Å². The van der Waals surface area contributed by atoms with Gasteiger partial charge in [-0.1, -0.05) is 69.4 Å². The number of ether oxygens (including phenoxy) is 1. The van der Waals surface area contributed by atoms with E-state index in [1.165, 1.54) is 12.3 Å². The van der Waals surface area contributed by atoms with Crippen molar-refractivity contribution in [2.24, 2.45) is 11.8 Å². The Morgan fingerprint density at radius 3 is 2.19 bits per heavy atom. The minimum atomic E-state index is -1.55. The maximum Gasteiger partial charge on any atom is 0.305 e. The molecule has 2 nitrogen and oxygen atoms in total. The van der Waals surface area contributed by atoms with Crippen LogP contribution in [-0.2, 0) is 9.53 Å². The Morgan fingerprint density at radius 1 is 1.14 bits per heavy atom. The highest BCUT2D eigenvalue weighted by atomic mass is 28.3. The predicted octanol–water partition coefficient (Wildman–Crippen LogP) is 4.22. The lowest BCUT2D eigenvalue weighted by molar-refractivity contribution is -0.141. The van der Waals surface area contributed by atoms with Crippen molar-refractivity contribution in [2.75, 3.05) is 7.11 Å². The molecular weight excluding hydrogens is 276 g/mol. The summed E-state index contributed by atoms with van der Waals surface area (Å²) in [7, 11) is -0.0782. The van der Waals surface area contributed by atoms with Gasteiger partial charge in [0.05, 0.1) is 15.2 Å². The smallest absolute Gasteiger partial charge is 0.305 e. The molecule has 118 valence electrons. The fourth-order valence-corrected chi connectivity index (χ4v) is 7.50. The van der Waals surface area contributed by atoms with E-state index in [-0.39, 0.29) is 5.97 Å². The fraction of sp³-hybridized carbons (Fsp3) is 0.611. The minimum Gasteiger partial charge on any atom is -0.469 e. The molecule has 21 heavy (non-hydrogen) atoms. The van der Waals surface area contributed by atoms with E-state index in [1.807, 2.05) is 0 Å². The summed E-state index contributed by atoms with van der Waals surface area (Å²) >= 11 is 0. The van der Waals surface area contributed by atoms with E-state index in [1.54, 1.807) is 0 Å². The normalized spacial score (nSPS) is 14.8. The second-order valence-electron chi connectivity index (χ2n) is 7.06. The number of hydrogen-bond donors (Lipinski definition) is 0. The number of carbonyl (C=O) groups is 1. The molecule has 3 heteroatoms. The number of carbonyl (C=O) groups excluding carboxylic acids is 1. The third-order valence-corrected chi connectivity index (χ3v) is 9.23. The van der Waals surface area contributed by atoms with Crippen molar-refractivity contribution in [1.29, 1.82) is 0 Å². The average molecular weight is 307 g/mol. The molecule has 0 amide bonds. The topological polar surface area (TPSA) is 26.3 Å². The second-order valence-corrected chi connectivity index (χ2v) is 11.8. The molecule has 1 rings (SSSR count). The van der Waals surface area contributed by atoms with Gasteiger partial charge in [-0.2, -0.15) is 0 Å². The van der Waals surface area contributed by atoms with Crippen LogP contribution < -0.4 is 5.19 Å². The minimum absolute atomic E-state index is 0.0933. The molecule has 0 heterocycles. The van der Waals surface area contributed by atoms with Gasteiger partial charge in [-0.15, -0.1) is 0 Å². The van der Waals surface area contributed by atoms with Crippen LogP contribution in [0.5, 0.6) is 0 Å². The molecule has 0 saturated carbocycles. The molecule has 1 aromatic carbocycles. The van der Waals surface area contributed by atoms with Crippen LogP contribution in [0.15, 0.2) is 30.3 Å². The predicted molar refractivity (Wildman–Crippen MR) is 92.6 cm³/mol. The third-order valence-electron chi connectivity index (χ3n) is 4.65. The Hall–Kier alpha value is -1.09. The van der Waals surface area contributed by atoms with Crippen LogP contribution in [0, 0.1) is 11.8 Å². The Bertz CT molecular complexity index is 440. The van der Waals surface area contributed by atoms with Crippen molar-refractivity contribution in [3.8, 4) is 0 Å². The van der Waals surface area contributed by atoms with Gasteiger partial charge in [-0.05, 0) is 23.8 Å². The molecule has 1 aromatic rings. The van der Waals surface area contributed by atoms with Gasteiger partial charge >= 0.3 is 5.97 Å². The molecule has 0 spiro atoms. The molecule has 0 radical (unpaired) electrons. The van der Waals surface area contributed by atoms with Gasteiger partial charge in [0.1, 0.15) is 0 Å². The number of esters is 1. The van der Waals surface area contributed by atoms with E-state index in [0.717, 1.165) is 6.42 Å². The van der Waals surface area contributed by atoms with Gasteiger partial charge in [0.15, 0.2) is 0 Å². The highest BCUT2D eigenvalue weighted by Crippen LogP contribution is 2.36. The van der Waals surface area contributed by atoms with Crippen molar-refractivity contribution in [3.05, 3.63) is 30.3 Å². The Morgan fingerprint density at radius 2 is 1.71 bits per heavy atom. The van der Waals surface area contributed by atoms with Crippen LogP contribution in [-0.4, -0.2) is 21.2 Å². The largest absolute Gasteiger partial charge is 0.469 e. The summed E-state index contributed by atoms with van der Waals surface area (Å²) in [6, 6.07) is 10.9. The molecular formula is C18H30O2Si. The summed E-state index contributed by atoms with van der Waals surface area (Å²) in [5.74, 6) is 0.913. The highest BCUT2D eigenvalue weighted by molar-refractivity contribution is 6.91. The van der Waals surface area contributed by atoms with E-state index < -0.39 is 8.07 Å². The van der Waals surface area contributed by atoms with Crippen molar-refractivity contribution >= 4 is 19.2 Å². The average Bonchev–Trinajstić information content (AvgIpc) is 2.45.